The highest BCUT2D eigenvalue weighted by Gasteiger charge is 2.36. The number of anilines is 1. The normalized spacial score (nSPS) is 19.1. The van der Waals surface area contributed by atoms with Crippen molar-refractivity contribution >= 4 is 16.7 Å². The molecule has 2 unspecified atom stereocenters. The fourth-order valence-corrected chi connectivity index (χ4v) is 5.29. The zero-order chi connectivity index (χ0) is 26.3. The van der Waals surface area contributed by atoms with Gasteiger partial charge >= 0.3 is 0 Å². The number of aromatic nitrogens is 3. The minimum atomic E-state index is -0.278. The molecule has 0 N–H and O–H groups in total. The van der Waals surface area contributed by atoms with Gasteiger partial charge in [0.25, 0.3) is 5.56 Å². The summed E-state index contributed by atoms with van der Waals surface area (Å²) in [7, 11) is 1.71. The van der Waals surface area contributed by atoms with Crippen LogP contribution in [-0.2, 0) is 7.05 Å². The predicted octanol–water partition coefficient (Wildman–Crippen LogP) is 4.34. The first kappa shape index (κ1) is 24.6. The van der Waals surface area contributed by atoms with Gasteiger partial charge in [-0.1, -0.05) is 18.2 Å². The van der Waals surface area contributed by atoms with Gasteiger partial charge in [-0.3, -0.25) is 14.7 Å². The quantitative estimate of drug-likeness (QED) is 0.418. The van der Waals surface area contributed by atoms with Crippen LogP contribution >= 0.6 is 0 Å². The van der Waals surface area contributed by atoms with Crippen LogP contribution in [0.25, 0.3) is 11.0 Å². The molecule has 0 amide bonds. The van der Waals surface area contributed by atoms with Crippen molar-refractivity contribution in [2.24, 2.45) is 7.05 Å². The minimum absolute atomic E-state index is 0.0144. The molecule has 37 heavy (non-hydrogen) atoms. The molecule has 1 aliphatic heterocycles. The van der Waals surface area contributed by atoms with Gasteiger partial charge in [-0.05, 0) is 62.2 Å². The Morgan fingerprint density at radius 1 is 1.08 bits per heavy atom. The summed E-state index contributed by atoms with van der Waals surface area (Å²) < 4.78 is 15.9. The lowest BCUT2D eigenvalue weighted by Gasteiger charge is -2.48. The lowest BCUT2D eigenvalue weighted by Crippen LogP contribution is -2.57. The Balaban J connectivity index is 1.56. The first-order valence-corrected chi connectivity index (χ1v) is 12.4. The molecule has 188 valence electrons. The number of hydrogen-bond acceptors (Lipinski definition) is 6. The number of piperazine rings is 1. The van der Waals surface area contributed by atoms with E-state index in [9.17, 15) is 14.4 Å². The monoisotopic (exact) mass is 496 g/mol. The lowest BCUT2D eigenvalue weighted by molar-refractivity contribution is 0.127. The number of hydrogen-bond donors (Lipinski definition) is 0. The Hall–Kier alpha value is -4.09. The summed E-state index contributed by atoms with van der Waals surface area (Å²) in [6, 6.07) is 17.7. The third-order valence-electron chi connectivity index (χ3n) is 7.24. The van der Waals surface area contributed by atoms with E-state index in [2.05, 4.69) is 34.7 Å². The maximum absolute atomic E-state index is 14.3. The van der Waals surface area contributed by atoms with Crippen molar-refractivity contribution in [2.75, 3.05) is 18.0 Å². The van der Waals surface area contributed by atoms with Gasteiger partial charge < -0.3 is 9.47 Å². The van der Waals surface area contributed by atoms with Crippen LogP contribution in [0.2, 0.25) is 0 Å². The number of rotatable bonds is 4. The van der Waals surface area contributed by atoms with Crippen molar-refractivity contribution in [1.82, 2.24) is 19.4 Å². The highest BCUT2D eigenvalue weighted by atomic mass is 19.1. The molecule has 5 rings (SSSR count). The summed E-state index contributed by atoms with van der Waals surface area (Å²) in [5.74, 6) is -0.278. The third kappa shape index (κ3) is 4.58. The second-order valence-corrected chi connectivity index (χ2v) is 9.87. The molecule has 7 nitrogen and oxygen atoms in total. The molecule has 4 heterocycles. The molecule has 0 aliphatic carbocycles. The molecule has 1 saturated heterocycles. The minimum Gasteiger partial charge on any atom is -0.364 e. The average molecular weight is 497 g/mol. The van der Waals surface area contributed by atoms with Gasteiger partial charge in [0.1, 0.15) is 23.1 Å². The largest absolute Gasteiger partial charge is 0.364 e. The number of benzene rings is 1. The molecule has 1 aromatic carbocycles. The number of aryl methyl sites for hydroxylation is 2. The van der Waals surface area contributed by atoms with Crippen molar-refractivity contribution in [2.45, 2.75) is 38.9 Å². The molecule has 3 atom stereocenters. The van der Waals surface area contributed by atoms with Gasteiger partial charge in [-0.25, -0.2) is 9.37 Å². The molecule has 3 aromatic heterocycles. The molecule has 0 bridgehead atoms. The topological polar surface area (TPSA) is 78.0 Å². The number of fused-ring (bicyclic) bond motifs is 1. The van der Waals surface area contributed by atoms with Crippen molar-refractivity contribution < 1.29 is 4.39 Å². The standard InChI is InChI=1S/C29H29FN6O/c1-18-8-10-24(32-15-18)29(21-6-5-7-22(30)12-21)36-17-19(2)35(16-20(36)3)26-13-27(37)34(4)25-11-9-23(14-31)33-28(25)26/h5-13,15,19-20,29H,16-17H2,1-4H3/t19-,20?,29?/m0/s1. The zero-order valence-electron chi connectivity index (χ0n) is 21.4. The van der Waals surface area contributed by atoms with Gasteiger partial charge in [0.05, 0.1) is 22.9 Å². The molecule has 8 heteroatoms. The average Bonchev–Trinajstić information content (AvgIpc) is 2.89. The van der Waals surface area contributed by atoms with Gasteiger partial charge in [-0.2, -0.15) is 5.26 Å². The van der Waals surface area contributed by atoms with Gasteiger partial charge in [0, 0.05) is 44.5 Å². The maximum Gasteiger partial charge on any atom is 0.252 e. The molecule has 0 radical (unpaired) electrons. The van der Waals surface area contributed by atoms with E-state index < -0.39 is 0 Å². The van der Waals surface area contributed by atoms with E-state index in [0.717, 1.165) is 22.5 Å². The van der Waals surface area contributed by atoms with E-state index in [-0.39, 0.29) is 29.5 Å². The van der Waals surface area contributed by atoms with E-state index in [0.29, 0.717) is 29.8 Å². The Morgan fingerprint density at radius 2 is 1.89 bits per heavy atom. The number of nitrogens with zero attached hydrogens (tertiary/aromatic N) is 6. The summed E-state index contributed by atoms with van der Waals surface area (Å²) in [4.78, 5) is 26.7. The third-order valence-corrected chi connectivity index (χ3v) is 7.24. The Labute approximate surface area is 215 Å². The maximum atomic E-state index is 14.3. The summed E-state index contributed by atoms with van der Waals surface area (Å²) in [5.41, 5.74) is 5.01. The second-order valence-electron chi connectivity index (χ2n) is 9.87. The van der Waals surface area contributed by atoms with Crippen molar-refractivity contribution in [1.29, 1.82) is 5.26 Å². The highest BCUT2D eigenvalue weighted by molar-refractivity contribution is 5.89. The van der Waals surface area contributed by atoms with Gasteiger partial charge in [-0.15, -0.1) is 0 Å². The van der Waals surface area contributed by atoms with E-state index in [1.54, 1.807) is 41.9 Å². The van der Waals surface area contributed by atoms with Crippen LogP contribution < -0.4 is 10.5 Å². The Bertz CT molecular complexity index is 1560. The molecule has 0 spiro atoms. The molecular weight excluding hydrogens is 467 g/mol. The fourth-order valence-electron chi connectivity index (χ4n) is 5.29. The summed E-state index contributed by atoms with van der Waals surface area (Å²) in [6.45, 7) is 7.53. The van der Waals surface area contributed by atoms with Crippen LogP contribution in [0.5, 0.6) is 0 Å². The van der Waals surface area contributed by atoms with E-state index in [1.165, 1.54) is 6.07 Å². The van der Waals surface area contributed by atoms with Crippen LogP contribution in [0.15, 0.2) is 65.6 Å². The smallest absolute Gasteiger partial charge is 0.252 e. The molecule has 0 saturated carbocycles. The van der Waals surface area contributed by atoms with E-state index >= 15 is 0 Å². The molecule has 1 aliphatic rings. The van der Waals surface area contributed by atoms with E-state index in [4.69, 9.17) is 4.98 Å². The molecule has 4 aromatic rings. The van der Waals surface area contributed by atoms with Crippen LogP contribution in [0.3, 0.4) is 0 Å². The first-order valence-electron chi connectivity index (χ1n) is 12.4. The van der Waals surface area contributed by atoms with Crippen LogP contribution in [0.4, 0.5) is 10.1 Å². The van der Waals surface area contributed by atoms with E-state index in [1.807, 2.05) is 31.3 Å². The number of pyridine rings is 3. The highest BCUT2D eigenvalue weighted by Crippen LogP contribution is 2.35. The number of halogens is 1. The fraction of sp³-hybridized carbons (Fsp3) is 0.310. The predicted molar refractivity (Wildman–Crippen MR) is 142 cm³/mol. The Morgan fingerprint density at radius 3 is 2.59 bits per heavy atom. The zero-order valence-corrected chi connectivity index (χ0v) is 21.4. The SMILES string of the molecule is Cc1ccc(C(c2cccc(F)c2)N2C[C@H](C)N(c3cc(=O)n(C)c4ccc(C#N)nc34)CC2C)nc1. The summed E-state index contributed by atoms with van der Waals surface area (Å²) >= 11 is 0. The van der Waals surface area contributed by atoms with Gasteiger partial charge in [0.15, 0.2) is 0 Å². The Kier molecular flexibility index (Phi) is 6.48. The van der Waals surface area contributed by atoms with Crippen molar-refractivity contribution in [3.05, 3.63) is 99.5 Å². The lowest BCUT2D eigenvalue weighted by atomic mass is 9.96. The number of nitriles is 1. The van der Waals surface area contributed by atoms with Crippen LogP contribution in [-0.4, -0.2) is 44.6 Å². The summed E-state index contributed by atoms with van der Waals surface area (Å²) in [6.07, 6.45) is 1.84. The van der Waals surface area contributed by atoms with Crippen molar-refractivity contribution in [3.63, 3.8) is 0 Å². The first-order chi connectivity index (χ1) is 17.8. The van der Waals surface area contributed by atoms with Crippen LogP contribution in [0.1, 0.15) is 42.4 Å². The molecular formula is C29H29FN6O. The van der Waals surface area contributed by atoms with Crippen molar-refractivity contribution in [3.8, 4) is 6.07 Å². The van der Waals surface area contributed by atoms with Crippen LogP contribution in [0, 0.1) is 24.1 Å². The van der Waals surface area contributed by atoms with Gasteiger partial charge in [0.2, 0.25) is 0 Å². The second kappa shape index (κ2) is 9.75. The summed E-state index contributed by atoms with van der Waals surface area (Å²) in [5, 5.41) is 9.43. The molecule has 1 fully saturated rings.